The van der Waals surface area contributed by atoms with Crippen molar-refractivity contribution >= 4 is 17.1 Å². The van der Waals surface area contributed by atoms with E-state index in [2.05, 4.69) is 20.9 Å². The lowest BCUT2D eigenvalue weighted by molar-refractivity contribution is 0.00387. The number of rotatable bonds is 6. The molecule has 1 N–H and O–H groups in total. The van der Waals surface area contributed by atoms with E-state index in [1.165, 1.54) is 6.42 Å². The van der Waals surface area contributed by atoms with E-state index in [0.29, 0.717) is 13.1 Å². The number of nitrogens with zero attached hydrogens (tertiary/aromatic N) is 3. The number of para-hydroxylation sites is 2. The van der Waals surface area contributed by atoms with Crippen LogP contribution in [0.3, 0.4) is 0 Å². The Morgan fingerprint density at radius 2 is 2.29 bits per heavy atom. The summed E-state index contributed by atoms with van der Waals surface area (Å²) in [6, 6.07) is 8.06. The number of aryl methyl sites for hydroxylation is 1. The molecule has 6 heteroatoms. The molecule has 0 spiro atoms. The minimum atomic E-state index is -0.0281. The highest BCUT2D eigenvalue weighted by atomic mass is 16.5. The summed E-state index contributed by atoms with van der Waals surface area (Å²) < 4.78 is 7.81. The van der Waals surface area contributed by atoms with Gasteiger partial charge in [0.2, 0.25) is 0 Å². The monoisotopic (exact) mass is 330 g/mol. The first-order chi connectivity index (χ1) is 11.7. The van der Waals surface area contributed by atoms with Gasteiger partial charge in [0.25, 0.3) is 0 Å². The maximum Gasteiger partial charge on any atom is 0.317 e. The number of benzene rings is 1. The Morgan fingerprint density at radius 1 is 1.42 bits per heavy atom. The van der Waals surface area contributed by atoms with Gasteiger partial charge >= 0.3 is 6.03 Å². The lowest BCUT2D eigenvalue weighted by atomic mass is 10.1. The second-order valence-corrected chi connectivity index (χ2v) is 6.38. The molecule has 24 heavy (non-hydrogen) atoms. The van der Waals surface area contributed by atoms with Gasteiger partial charge in [-0.05, 0) is 37.8 Å². The zero-order chi connectivity index (χ0) is 16.8. The van der Waals surface area contributed by atoms with Crippen LogP contribution in [0.15, 0.2) is 30.6 Å². The first-order valence-electron chi connectivity index (χ1n) is 8.74. The molecule has 2 heterocycles. The zero-order valence-corrected chi connectivity index (χ0v) is 14.3. The molecule has 1 aliphatic rings. The van der Waals surface area contributed by atoms with Gasteiger partial charge in [0, 0.05) is 33.3 Å². The fourth-order valence-electron chi connectivity index (χ4n) is 3.11. The predicted octanol–water partition coefficient (Wildman–Crippen LogP) is 2.64. The SMILES string of the molecule is CN(CC1CCCCO1)C(=O)NCCCn1cnc2ccccc21. The van der Waals surface area contributed by atoms with E-state index in [0.717, 1.165) is 43.4 Å². The molecule has 2 aromatic rings. The molecule has 3 rings (SSSR count). The van der Waals surface area contributed by atoms with Gasteiger partial charge < -0.3 is 19.5 Å². The fourth-order valence-corrected chi connectivity index (χ4v) is 3.11. The van der Waals surface area contributed by atoms with Crippen molar-refractivity contribution in [1.82, 2.24) is 19.8 Å². The van der Waals surface area contributed by atoms with Crippen molar-refractivity contribution in [3.63, 3.8) is 0 Å². The van der Waals surface area contributed by atoms with Crippen molar-refractivity contribution in [1.29, 1.82) is 0 Å². The quantitative estimate of drug-likeness (QED) is 0.828. The first kappa shape index (κ1) is 16.8. The van der Waals surface area contributed by atoms with Gasteiger partial charge in [-0.1, -0.05) is 12.1 Å². The number of ether oxygens (including phenoxy) is 1. The average Bonchev–Trinajstić information content (AvgIpc) is 3.02. The molecule has 6 nitrogen and oxygen atoms in total. The second kappa shape index (κ2) is 8.15. The van der Waals surface area contributed by atoms with Crippen LogP contribution in [0, 0.1) is 0 Å². The minimum absolute atomic E-state index is 0.0281. The lowest BCUT2D eigenvalue weighted by Gasteiger charge is -2.27. The minimum Gasteiger partial charge on any atom is -0.376 e. The van der Waals surface area contributed by atoms with Gasteiger partial charge in [0.15, 0.2) is 0 Å². The van der Waals surface area contributed by atoms with Crippen LogP contribution in [0.5, 0.6) is 0 Å². The summed E-state index contributed by atoms with van der Waals surface area (Å²) in [5.41, 5.74) is 2.14. The Balaban J connectivity index is 1.38. The van der Waals surface area contributed by atoms with Crippen LogP contribution in [0.4, 0.5) is 4.79 Å². The Labute approximate surface area is 142 Å². The maximum atomic E-state index is 12.1. The van der Waals surface area contributed by atoms with Crippen molar-refractivity contribution in [3.8, 4) is 0 Å². The van der Waals surface area contributed by atoms with Gasteiger partial charge in [-0.15, -0.1) is 0 Å². The molecule has 1 aromatic carbocycles. The van der Waals surface area contributed by atoms with Crippen molar-refractivity contribution in [2.24, 2.45) is 0 Å². The summed E-state index contributed by atoms with van der Waals surface area (Å²) in [4.78, 5) is 18.2. The van der Waals surface area contributed by atoms with Crippen LogP contribution >= 0.6 is 0 Å². The van der Waals surface area contributed by atoms with Gasteiger partial charge in [-0.25, -0.2) is 9.78 Å². The molecule has 1 unspecified atom stereocenters. The lowest BCUT2D eigenvalue weighted by Crippen LogP contribution is -2.43. The number of carbonyl (C=O) groups is 1. The van der Waals surface area contributed by atoms with Crippen molar-refractivity contribution in [2.45, 2.75) is 38.3 Å². The van der Waals surface area contributed by atoms with Crippen molar-refractivity contribution in [2.75, 3.05) is 26.7 Å². The maximum absolute atomic E-state index is 12.1. The number of carbonyl (C=O) groups excluding carboxylic acids is 1. The Hall–Kier alpha value is -2.08. The number of nitrogens with one attached hydrogen (secondary N) is 1. The molecule has 2 amide bonds. The molecule has 1 atom stereocenters. The molecule has 1 aliphatic heterocycles. The Bertz CT molecular complexity index is 664. The average molecular weight is 330 g/mol. The molecule has 130 valence electrons. The fraction of sp³-hybridized carbons (Fsp3) is 0.556. The smallest absolute Gasteiger partial charge is 0.317 e. The molecule has 1 saturated heterocycles. The number of amides is 2. The molecule has 0 radical (unpaired) electrons. The van der Waals surface area contributed by atoms with E-state index in [1.807, 2.05) is 31.6 Å². The summed E-state index contributed by atoms with van der Waals surface area (Å²) in [6.07, 6.45) is 6.30. The second-order valence-electron chi connectivity index (χ2n) is 6.38. The van der Waals surface area contributed by atoms with Crippen LogP contribution in [0.2, 0.25) is 0 Å². The van der Waals surface area contributed by atoms with Crippen LogP contribution < -0.4 is 5.32 Å². The van der Waals surface area contributed by atoms with Gasteiger partial charge in [-0.3, -0.25) is 0 Å². The number of aromatic nitrogens is 2. The highest BCUT2D eigenvalue weighted by Crippen LogP contribution is 2.13. The molecular weight excluding hydrogens is 304 g/mol. The van der Waals surface area contributed by atoms with E-state index < -0.39 is 0 Å². The van der Waals surface area contributed by atoms with Crippen LogP contribution in [-0.4, -0.2) is 53.3 Å². The number of urea groups is 1. The number of imidazole rings is 1. The third-order valence-corrected chi connectivity index (χ3v) is 4.48. The molecule has 0 bridgehead atoms. The number of hydrogen-bond donors (Lipinski definition) is 1. The Morgan fingerprint density at radius 3 is 3.12 bits per heavy atom. The first-order valence-corrected chi connectivity index (χ1v) is 8.74. The third-order valence-electron chi connectivity index (χ3n) is 4.48. The van der Waals surface area contributed by atoms with Crippen LogP contribution in [-0.2, 0) is 11.3 Å². The number of fused-ring (bicyclic) bond motifs is 1. The standard InChI is InChI=1S/C18H26N4O2/c1-21(13-15-7-4-5-12-24-15)18(23)19-10-6-11-22-14-20-16-8-2-3-9-17(16)22/h2-3,8-9,14-15H,4-7,10-13H2,1H3,(H,19,23). The zero-order valence-electron chi connectivity index (χ0n) is 14.3. The van der Waals surface area contributed by atoms with Crippen LogP contribution in [0.1, 0.15) is 25.7 Å². The van der Waals surface area contributed by atoms with E-state index in [4.69, 9.17) is 4.74 Å². The van der Waals surface area contributed by atoms with Gasteiger partial charge in [-0.2, -0.15) is 0 Å². The van der Waals surface area contributed by atoms with Crippen LogP contribution in [0.25, 0.3) is 11.0 Å². The van der Waals surface area contributed by atoms with Gasteiger partial charge in [0.1, 0.15) is 0 Å². The largest absolute Gasteiger partial charge is 0.376 e. The van der Waals surface area contributed by atoms with E-state index >= 15 is 0 Å². The summed E-state index contributed by atoms with van der Waals surface area (Å²) in [5, 5.41) is 2.98. The highest BCUT2D eigenvalue weighted by Gasteiger charge is 2.18. The van der Waals surface area contributed by atoms with Crippen molar-refractivity contribution < 1.29 is 9.53 Å². The van der Waals surface area contributed by atoms with Gasteiger partial charge in [0.05, 0.1) is 23.5 Å². The normalized spacial score (nSPS) is 17.8. The third kappa shape index (κ3) is 4.26. The molecule has 0 saturated carbocycles. The summed E-state index contributed by atoms with van der Waals surface area (Å²) in [7, 11) is 1.83. The molecule has 0 aliphatic carbocycles. The van der Waals surface area contributed by atoms with E-state index in [9.17, 15) is 4.79 Å². The summed E-state index contributed by atoms with van der Waals surface area (Å²) >= 11 is 0. The topological polar surface area (TPSA) is 59.4 Å². The summed E-state index contributed by atoms with van der Waals surface area (Å²) in [6.45, 7) is 2.98. The number of hydrogen-bond acceptors (Lipinski definition) is 3. The van der Waals surface area contributed by atoms with E-state index in [-0.39, 0.29) is 12.1 Å². The predicted molar refractivity (Wildman–Crippen MR) is 94.0 cm³/mol. The summed E-state index contributed by atoms with van der Waals surface area (Å²) in [5.74, 6) is 0. The molecule has 1 fully saturated rings. The number of likely N-dealkylation sites (N-methyl/N-ethyl adjacent to an activating group) is 1. The highest BCUT2D eigenvalue weighted by molar-refractivity contribution is 5.75. The molecular formula is C18H26N4O2. The molecule has 1 aromatic heterocycles. The Kier molecular flexibility index (Phi) is 5.69. The van der Waals surface area contributed by atoms with E-state index in [1.54, 1.807) is 4.90 Å². The van der Waals surface area contributed by atoms with Crippen molar-refractivity contribution in [3.05, 3.63) is 30.6 Å².